The molecule has 1 saturated heterocycles. The minimum Gasteiger partial charge on any atom is -0.496 e. The molecule has 0 aliphatic carbocycles. The summed E-state index contributed by atoms with van der Waals surface area (Å²) in [6.45, 7) is 6.78. The summed E-state index contributed by atoms with van der Waals surface area (Å²) < 4.78 is 19.7. The molecule has 4 aromatic heterocycles. The van der Waals surface area contributed by atoms with Crippen LogP contribution in [0.2, 0.25) is 0 Å². The molecule has 0 bridgehead atoms. The van der Waals surface area contributed by atoms with E-state index in [4.69, 9.17) is 18.9 Å². The number of ether oxygens (including phenoxy) is 2. The van der Waals surface area contributed by atoms with Crippen LogP contribution in [0.3, 0.4) is 0 Å². The molecule has 0 unspecified atom stereocenters. The van der Waals surface area contributed by atoms with E-state index in [1.807, 2.05) is 43.5 Å². The lowest BCUT2D eigenvalue weighted by atomic mass is 9.95. The van der Waals surface area contributed by atoms with Gasteiger partial charge in [0.1, 0.15) is 29.4 Å². The molecule has 0 spiro atoms. The second kappa shape index (κ2) is 9.46. The molecule has 6 rings (SSSR count). The van der Waals surface area contributed by atoms with Crippen molar-refractivity contribution in [3.05, 3.63) is 53.3 Å². The van der Waals surface area contributed by atoms with E-state index in [9.17, 15) is 0 Å². The van der Waals surface area contributed by atoms with Gasteiger partial charge < -0.3 is 18.8 Å². The molecule has 0 saturated carbocycles. The van der Waals surface area contributed by atoms with Crippen LogP contribution in [0.15, 0.2) is 46.3 Å². The summed E-state index contributed by atoms with van der Waals surface area (Å²) in [6, 6.07) is 9.60. The van der Waals surface area contributed by atoms with E-state index in [-0.39, 0.29) is 0 Å². The van der Waals surface area contributed by atoms with Crippen molar-refractivity contribution in [3.8, 4) is 23.0 Å². The fourth-order valence-electron chi connectivity index (χ4n) is 4.73. The number of anilines is 1. The molecule has 9 heteroatoms. The number of nitrogens with zero attached hydrogens (tertiary/aromatic N) is 5. The van der Waals surface area contributed by atoms with Crippen molar-refractivity contribution in [2.75, 3.05) is 25.1 Å². The van der Waals surface area contributed by atoms with Crippen molar-refractivity contribution in [2.45, 2.75) is 39.7 Å². The number of hydrogen-bond acceptors (Lipinski definition) is 8. The number of imidazole rings is 1. The number of fused-ring (bicyclic) bond motifs is 2. The molecule has 8 nitrogen and oxygen atoms in total. The molecule has 0 radical (unpaired) electrons. The van der Waals surface area contributed by atoms with Crippen LogP contribution in [0, 0.1) is 12.8 Å². The number of furan rings is 1. The second-order valence-electron chi connectivity index (χ2n) is 9.30. The molecule has 0 N–H and O–H groups in total. The highest BCUT2D eigenvalue weighted by atomic mass is 32.1. The van der Waals surface area contributed by atoms with Crippen molar-refractivity contribution in [1.82, 2.24) is 19.6 Å². The number of benzene rings is 1. The molecule has 0 amide bonds. The zero-order chi connectivity index (χ0) is 24.6. The van der Waals surface area contributed by atoms with Gasteiger partial charge in [-0.2, -0.15) is 5.10 Å². The molecule has 1 aromatic carbocycles. The van der Waals surface area contributed by atoms with Gasteiger partial charge in [-0.1, -0.05) is 13.3 Å². The van der Waals surface area contributed by atoms with Crippen molar-refractivity contribution in [2.24, 2.45) is 5.92 Å². The van der Waals surface area contributed by atoms with Gasteiger partial charge >= 0.3 is 0 Å². The third-order valence-electron chi connectivity index (χ3n) is 6.89. The van der Waals surface area contributed by atoms with Gasteiger partial charge in [0, 0.05) is 30.6 Å². The molecular weight excluding hydrogens is 474 g/mol. The highest BCUT2D eigenvalue weighted by Crippen LogP contribution is 2.37. The first kappa shape index (κ1) is 22.8. The van der Waals surface area contributed by atoms with E-state index < -0.39 is 0 Å². The van der Waals surface area contributed by atoms with Crippen LogP contribution in [-0.2, 0) is 6.61 Å². The first-order valence-corrected chi connectivity index (χ1v) is 13.2. The standard InChI is InChI=1S/C27H29N5O3S/c1-4-18-7-9-31(10-8-18)27-28-19(16-36-27)15-34-23-11-20(33-3)12-24-21(23)13-25(35-24)22-14-32-26(29-22)6-5-17(2)30-32/h5-6,11-14,16,18H,4,7-10,15H2,1-3H3. The van der Waals surface area contributed by atoms with Crippen LogP contribution in [0.1, 0.15) is 37.6 Å². The van der Waals surface area contributed by atoms with Gasteiger partial charge in [-0.05, 0) is 43.9 Å². The SMILES string of the molecule is CCC1CCN(c2nc(COc3cc(OC)cc4oc(-c5cn6nc(C)ccc6n5)cc34)cs2)CC1. The predicted octanol–water partition coefficient (Wildman–Crippen LogP) is 6.12. The summed E-state index contributed by atoms with van der Waals surface area (Å²) in [5.41, 5.74) is 4.01. The van der Waals surface area contributed by atoms with Crippen LogP contribution in [0.4, 0.5) is 5.13 Å². The Labute approximate surface area is 213 Å². The largest absolute Gasteiger partial charge is 0.496 e. The fraction of sp³-hybridized carbons (Fsp3) is 0.370. The number of thiazole rings is 1. The third kappa shape index (κ3) is 4.39. The second-order valence-corrected chi connectivity index (χ2v) is 10.1. The highest BCUT2D eigenvalue weighted by molar-refractivity contribution is 7.13. The first-order chi connectivity index (χ1) is 17.6. The smallest absolute Gasteiger partial charge is 0.185 e. The Morgan fingerprint density at radius 3 is 2.81 bits per heavy atom. The van der Waals surface area contributed by atoms with Crippen molar-refractivity contribution in [1.29, 1.82) is 0 Å². The van der Waals surface area contributed by atoms with E-state index in [0.29, 0.717) is 35.1 Å². The maximum Gasteiger partial charge on any atom is 0.185 e. The van der Waals surface area contributed by atoms with Crippen molar-refractivity contribution < 1.29 is 13.9 Å². The lowest BCUT2D eigenvalue weighted by Gasteiger charge is -2.31. The van der Waals surface area contributed by atoms with Gasteiger partial charge in [-0.3, -0.25) is 0 Å². The monoisotopic (exact) mass is 503 g/mol. The molecule has 0 atom stereocenters. The summed E-state index contributed by atoms with van der Waals surface area (Å²) in [7, 11) is 1.64. The molecule has 1 fully saturated rings. The predicted molar refractivity (Wildman–Crippen MR) is 141 cm³/mol. The number of rotatable bonds is 7. The summed E-state index contributed by atoms with van der Waals surface area (Å²) in [5.74, 6) is 2.86. The van der Waals surface area contributed by atoms with E-state index >= 15 is 0 Å². The molecule has 5 aromatic rings. The van der Waals surface area contributed by atoms with Crippen LogP contribution in [0.25, 0.3) is 28.1 Å². The molecule has 5 heterocycles. The Kier molecular flexibility index (Phi) is 6.00. The Hall–Kier alpha value is -3.59. The zero-order valence-corrected chi connectivity index (χ0v) is 21.5. The van der Waals surface area contributed by atoms with Gasteiger partial charge in [-0.25, -0.2) is 14.5 Å². The van der Waals surface area contributed by atoms with E-state index in [1.54, 1.807) is 23.0 Å². The lowest BCUT2D eigenvalue weighted by molar-refractivity contribution is 0.303. The Morgan fingerprint density at radius 2 is 2.00 bits per heavy atom. The topological polar surface area (TPSA) is 77.9 Å². The average molecular weight is 504 g/mol. The number of hydrogen-bond donors (Lipinski definition) is 0. The van der Waals surface area contributed by atoms with Crippen LogP contribution in [-0.4, -0.2) is 39.8 Å². The quantitative estimate of drug-likeness (QED) is 0.265. The maximum atomic E-state index is 6.25. The number of methoxy groups -OCH3 is 1. The van der Waals surface area contributed by atoms with Gasteiger partial charge in [0.15, 0.2) is 16.5 Å². The Balaban J connectivity index is 1.24. The lowest BCUT2D eigenvalue weighted by Crippen LogP contribution is -2.33. The van der Waals surface area contributed by atoms with E-state index in [0.717, 1.165) is 46.6 Å². The summed E-state index contributed by atoms with van der Waals surface area (Å²) >= 11 is 1.69. The molecule has 186 valence electrons. The number of aryl methyl sites for hydroxylation is 1. The Morgan fingerprint density at radius 1 is 1.14 bits per heavy atom. The van der Waals surface area contributed by atoms with Crippen LogP contribution < -0.4 is 14.4 Å². The average Bonchev–Trinajstić information content (AvgIpc) is 3.64. The molecular formula is C27H29N5O3S. The van der Waals surface area contributed by atoms with E-state index in [1.165, 1.54) is 19.3 Å². The van der Waals surface area contributed by atoms with Gasteiger partial charge in [0.05, 0.1) is 30.1 Å². The maximum absolute atomic E-state index is 6.25. The third-order valence-corrected chi connectivity index (χ3v) is 7.84. The minimum atomic E-state index is 0.377. The number of aromatic nitrogens is 4. The van der Waals surface area contributed by atoms with Crippen molar-refractivity contribution in [3.63, 3.8) is 0 Å². The minimum absolute atomic E-state index is 0.377. The molecule has 1 aliphatic rings. The zero-order valence-electron chi connectivity index (χ0n) is 20.7. The fourth-order valence-corrected chi connectivity index (χ4v) is 5.60. The first-order valence-electron chi connectivity index (χ1n) is 12.4. The van der Waals surface area contributed by atoms with Crippen LogP contribution >= 0.6 is 11.3 Å². The van der Waals surface area contributed by atoms with Crippen LogP contribution in [0.5, 0.6) is 11.5 Å². The van der Waals surface area contributed by atoms with Crippen molar-refractivity contribution >= 4 is 33.1 Å². The van der Waals surface area contributed by atoms with Gasteiger partial charge in [-0.15, -0.1) is 11.3 Å². The summed E-state index contributed by atoms with van der Waals surface area (Å²) in [6.07, 6.45) is 5.63. The van der Waals surface area contributed by atoms with E-state index in [2.05, 4.69) is 27.3 Å². The highest BCUT2D eigenvalue weighted by Gasteiger charge is 2.21. The summed E-state index contributed by atoms with van der Waals surface area (Å²) in [5, 5.41) is 8.52. The normalized spacial score (nSPS) is 14.7. The summed E-state index contributed by atoms with van der Waals surface area (Å²) in [4.78, 5) is 11.9. The molecule has 36 heavy (non-hydrogen) atoms. The van der Waals surface area contributed by atoms with Gasteiger partial charge in [0.2, 0.25) is 0 Å². The Bertz CT molecular complexity index is 1510. The number of piperidine rings is 1. The molecule has 1 aliphatic heterocycles. The van der Waals surface area contributed by atoms with Gasteiger partial charge in [0.25, 0.3) is 0 Å².